The molecule has 1 aliphatic rings. The second-order valence-corrected chi connectivity index (χ2v) is 6.45. The Kier molecular flexibility index (Phi) is 3.56. The summed E-state index contributed by atoms with van der Waals surface area (Å²) in [4.78, 5) is 24.1. The lowest BCUT2D eigenvalue weighted by Gasteiger charge is -2.36. The lowest BCUT2D eigenvalue weighted by molar-refractivity contribution is -0.137. The molecule has 1 fully saturated rings. The van der Waals surface area contributed by atoms with Gasteiger partial charge in [0.15, 0.2) is 0 Å². The zero-order valence-corrected chi connectivity index (χ0v) is 12.2. The minimum atomic E-state index is -0.742. The van der Waals surface area contributed by atoms with E-state index in [9.17, 15) is 4.79 Å². The second kappa shape index (κ2) is 5.36. The summed E-state index contributed by atoms with van der Waals surface area (Å²) in [6, 6.07) is 2.14. The standard InChI is InChI=1S/C14H17N3O2S/c1-9-6-11-13(15-8-16-14(11)20-9)17-5-3-2-4-10(17)7-12(18)19/h6,8,10H,2-5,7H2,1H3,(H,18,19). The number of carboxylic acid groups (broad SMARTS) is 1. The van der Waals surface area contributed by atoms with Gasteiger partial charge in [-0.3, -0.25) is 4.79 Å². The highest BCUT2D eigenvalue weighted by atomic mass is 32.1. The fourth-order valence-corrected chi connectivity index (χ4v) is 3.73. The lowest BCUT2D eigenvalue weighted by Crippen LogP contribution is -2.41. The van der Waals surface area contributed by atoms with Crippen molar-refractivity contribution in [3.63, 3.8) is 0 Å². The van der Waals surface area contributed by atoms with Crippen LogP contribution in [0.25, 0.3) is 10.2 Å². The van der Waals surface area contributed by atoms with Crippen molar-refractivity contribution in [1.29, 1.82) is 0 Å². The Labute approximate surface area is 121 Å². The third-order valence-corrected chi connectivity index (χ3v) is 4.70. The molecule has 0 saturated carbocycles. The van der Waals surface area contributed by atoms with Crippen molar-refractivity contribution < 1.29 is 9.90 Å². The number of fused-ring (bicyclic) bond motifs is 1. The average Bonchev–Trinajstić information content (AvgIpc) is 2.79. The van der Waals surface area contributed by atoms with Gasteiger partial charge in [-0.05, 0) is 32.3 Å². The Morgan fingerprint density at radius 2 is 2.35 bits per heavy atom. The van der Waals surface area contributed by atoms with Crippen LogP contribution in [0.4, 0.5) is 5.82 Å². The van der Waals surface area contributed by atoms with Gasteiger partial charge in [0, 0.05) is 17.5 Å². The van der Waals surface area contributed by atoms with Crippen molar-refractivity contribution in [1.82, 2.24) is 9.97 Å². The zero-order valence-electron chi connectivity index (χ0n) is 11.4. The van der Waals surface area contributed by atoms with Gasteiger partial charge in [0.1, 0.15) is 17.0 Å². The molecule has 1 aliphatic heterocycles. The van der Waals surface area contributed by atoms with E-state index >= 15 is 0 Å². The van der Waals surface area contributed by atoms with E-state index < -0.39 is 5.97 Å². The van der Waals surface area contributed by atoms with E-state index in [0.717, 1.165) is 41.8 Å². The van der Waals surface area contributed by atoms with Crippen molar-refractivity contribution in [2.45, 2.75) is 38.6 Å². The van der Waals surface area contributed by atoms with Crippen LogP contribution in [0.3, 0.4) is 0 Å². The monoisotopic (exact) mass is 291 g/mol. The molecule has 0 spiro atoms. The number of rotatable bonds is 3. The lowest BCUT2D eigenvalue weighted by atomic mass is 9.99. The molecule has 3 heterocycles. The summed E-state index contributed by atoms with van der Waals surface area (Å²) in [5, 5.41) is 10.1. The highest BCUT2D eigenvalue weighted by Crippen LogP contribution is 2.33. The molecule has 1 atom stereocenters. The summed E-state index contributed by atoms with van der Waals surface area (Å²) in [6.45, 7) is 2.93. The summed E-state index contributed by atoms with van der Waals surface area (Å²) in [5.41, 5.74) is 0. The van der Waals surface area contributed by atoms with E-state index in [1.165, 1.54) is 4.88 Å². The molecule has 0 aliphatic carbocycles. The minimum absolute atomic E-state index is 0.0413. The summed E-state index contributed by atoms with van der Waals surface area (Å²) >= 11 is 1.65. The smallest absolute Gasteiger partial charge is 0.305 e. The Balaban J connectivity index is 2.00. The van der Waals surface area contributed by atoms with Crippen LogP contribution in [-0.2, 0) is 4.79 Å². The van der Waals surface area contributed by atoms with Gasteiger partial charge in [-0.2, -0.15) is 0 Å². The second-order valence-electron chi connectivity index (χ2n) is 5.21. The zero-order chi connectivity index (χ0) is 14.1. The van der Waals surface area contributed by atoms with Crippen LogP contribution in [0.5, 0.6) is 0 Å². The molecule has 0 radical (unpaired) electrons. The maximum Gasteiger partial charge on any atom is 0.305 e. The van der Waals surface area contributed by atoms with Crippen LogP contribution in [0.15, 0.2) is 12.4 Å². The number of carbonyl (C=O) groups is 1. The molecule has 106 valence electrons. The fraction of sp³-hybridized carbons (Fsp3) is 0.500. The van der Waals surface area contributed by atoms with Crippen LogP contribution in [-0.4, -0.2) is 33.6 Å². The van der Waals surface area contributed by atoms with E-state index in [2.05, 4.69) is 27.9 Å². The molecule has 0 aromatic carbocycles. The number of carboxylic acids is 1. The van der Waals surface area contributed by atoms with Gasteiger partial charge in [-0.25, -0.2) is 9.97 Å². The van der Waals surface area contributed by atoms with Gasteiger partial charge in [0.2, 0.25) is 0 Å². The van der Waals surface area contributed by atoms with E-state index in [1.54, 1.807) is 17.7 Å². The summed E-state index contributed by atoms with van der Waals surface area (Å²) < 4.78 is 0. The van der Waals surface area contributed by atoms with Crippen LogP contribution in [0, 0.1) is 6.92 Å². The number of anilines is 1. The first kappa shape index (κ1) is 13.3. The fourth-order valence-electron chi connectivity index (χ4n) is 2.89. The molecule has 1 saturated heterocycles. The van der Waals surface area contributed by atoms with E-state index in [4.69, 9.17) is 5.11 Å². The van der Waals surface area contributed by atoms with Crippen LogP contribution < -0.4 is 4.90 Å². The molecule has 20 heavy (non-hydrogen) atoms. The number of hydrogen-bond acceptors (Lipinski definition) is 5. The van der Waals surface area contributed by atoms with Crippen molar-refractivity contribution in [2.24, 2.45) is 0 Å². The molecule has 6 heteroatoms. The van der Waals surface area contributed by atoms with E-state index in [1.807, 2.05) is 0 Å². The number of nitrogens with zero attached hydrogens (tertiary/aromatic N) is 3. The number of hydrogen-bond donors (Lipinski definition) is 1. The maximum atomic E-state index is 11.1. The number of aliphatic carboxylic acids is 1. The molecule has 0 bridgehead atoms. The molecule has 3 rings (SSSR count). The molecule has 5 nitrogen and oxygen atoms in total. The van der Waals surface area contributed by atoms with Gasteiger partial charge >= 0.3 is 5.97 Å². The first-order valence-corrected chi connectivity index (χ1v) is 7.66. The summed E-state index contributed by atoms with van der Waals surface area (Å²) in [7, 11) is 0. The van der Waals surface area contributed by atoms with E-state index in [-0.39, 0.29) is 12.5 Å². The molecule has 2 aromatic rings. The largest absolute Gasteiger partial charge is 0.481 e. The Hall–Kier alpha value is -1.69. The van der Waals surface area contributed by atoms with Gasteiger partial charge in [-0.15, -0.1) is 11.3 Å². The molecular formula is C14H17N3O2S. The third-order valence-electron chi connectivity index (χ3n) is 3.74. The maximum absolute atomic E-state index is 11.1. The number of aromatic nitrogens is 2. The van der Waals surface area contributed by atoms with Crippen molar-refractivity contribution in [3.05, 3.63) is 17.3 Å². The molecule has 1 N–H and O–H groups in total. The molecular weight excluding hydrogens is 274 g/mol. The van der Waals surface area contributed by atoms with Crippen LogP contribution in [0.2, 0.25) is 0 Å². The number of piperidine rings is 1. The number of aryl methyl sites for hydroxylation is 1. The van der Waals surface area contributed by atoms with E-state index in [0.29, 0.717) is 0 Å². The number of thiophene rings is 1. The Morgan fingerprint density at radius 3 is 3.15 bits per heavy atom. The molecule has 0 amide bonds. The third kappa shape index (κ3) is 2.47. The predicted molar refractivity (Wildman–Crippen MR) is 79.4 cm³/mol. The molecule has 2 aromatic heterocycles. The van der Waals surface area contributed by atoms with Crippen LogP contribution >= 0.6 is 11.3 Å². The van der Waals surface area contributed by atoms with Crippen molar-refractivity contribution >= 4 is 33.3 Å². The molecule has 1 unspecified atom stereocenters. The normalized spacial score (nSPS) is 19.4. The van der Waals surface area contributed by atoms with Gasteiger partial charge in [0.25, 0.3) is 0 Å². The summed E-state index contributed by atoms with van der Waals surface area (Å²) in [5.74, 6) is 0.152. The Morgan fingerprint density at radius 1 is 1.50 bits per heavy atom. The topological polar surface area (TPSA) is 66.3 Å². The van der Waals surface area contributed by atoms with Gasteiger partial charge in [0.05, 0.1) is 11.8 Å². The SMILES string of the molecule is Cc1cc2c(N3CCCCC3CC(=O)O)ncnc2s1. The highest BCUT2D eigenvalue weighted by molar-refractivity contribution is 7.18. The minimum Gasteiger partial charge on any atom is -0.481 e. The predicted octanol–water partition coefficient (Wildman–Crippen LogP) is 2.83. The first-order chi connectivity index (χ1) is 9.65. The van der Waals surface area contributed by atoms with Crippen LogP contribution in [0.1, 0.15) is 30.6 Å². The Bertz CT molecular complexity index is 640. The quantitative estimate of drug-likeness (QED) is 0.942. The van der Waals surface area contributed by atoms with Crippen molar-refractivity contribution in [3.8, 4) is 0 Å². The van der Waals surface area contributed by atoms with Gasteiger partial charge < -0.3 is 10.0 Å². The van der Waals surface area contributed by atoms with Gasteiger partial charge in [-0.1, -0.05) is 0 Å². The van der Waals surface area contributed by atoms with Crippen molar-refractivity contribution in [2.75, 3.05) is 11.4 Å². The first-order valence-electron chi connectivity index (χ1n) is 6.85. The average molecular weight is 291 g/mol. The highest BCUT2D eigenvalue weighted by Gasteiger charge is 2.27. The summed E-state index contributed by atoms with van der Waals surface area (Å²) in [6.07, 6.45) is 4.85.